The average Bonchev–Trinajstić information content (AvgIpc) is 2.82. The van der Waals surface area contributed by atoms with E-state index >= 15 is 0 Å². The van der Waals surface area contributed by atoms with Crippen LogP contribution in [-0.4, -0.2) is 10.9 Å². The molecule has 1 N–H and O–H groups in total. The van der Waals surface area contributed by atoms with Gasteiger partial charge >= 0.3 is 6.03 Å². The van der Waals surface area contributed by atoms with E-state index in [2.05, 4.69) is 29.6 Å². The summed E-state index contributed by atoms with van der Waals surface area (Å²) in [6.07, 6.45) is 0. The Hall–Kier alpha value is -3.56. The summed E-state index contributed by atoms with van der Waals surface area (Å²) in [5, 5.41) is 3.73. The second-order valence-corrected chi connectivity index (χ2v) is 7.71. The third-order valence-electron chi connectivity index (χ3n) is 5.09. The molecule has 0 saturated heterocycles. The fourth-order valence-corrected chi connectivity index (χ4v) is 3.73. The van der Waals surface area contributed by atoms with Crippen molar-refractivity contribution in [1.29, 1.82) is 0 Å². The number of anilines is 1. The largest absolute Gasteiger partial charge is 0.322 e. The molecule has 0 saturated carbocycles. The summed E-state index contributed by atoms with van der Waals surface area (Å²) in [4.78, 5) is 15.4. The summed E-state index contributed by atoms with van der Waals surface area (Å²) in [7, 11) is 0. The van der Waals surface area contributed by atoms with E-state index in [0.717, 1.165) is 22.4 Å². The van der Waals surface area contributed by atoms with Gasteiger partial charge in [-0.3, -0.25) is 0 Å². The van der Waals surface area contributed by atoms with Crippen LogP contribution in [0.1, 0.15) is 22.7 Å². The smallest absolute Gasteiger partial charge is 0.309 e. The molecule has 0 atom stereocenters. The Kier molecular flexibility index (Phi) is 6.65. The Bertz CT molecular complexity index is 1060. The number of hydrogen-bond donors (Lipinski definition) is 1. The number of halogens is 1. The fourth-order valence-electron chi connectivity index (χ4n) is 3.61. The molecule has 4 aromatic rings. The minimum Gasteiger partial charge on any atom is -0.309 e. The molecule has 0 spiro atoms. The Morgan fingerprint density at radius 1 is 0.710 bits per heavy atom. The summed E-state index contributed by atoms with van der Waals surface area (Å²) in [6.45, 7) is 0.435. The van der Waals surface area contributed by atoms with E-state index in [-0.39, 0.29) is 12.1 Å². The van der Waals surface area contributed by atoms with Crippen LogP contribution in [0.2, 0.25) is 5.02 Å². The number of para-hydroxylation sites is 1. The van der Waals surface area contributed by atoms with Crippen molar-refractivity contribution in [3.8, 4) is 0 Å². The topological polar surface area (TPSA) is 32.3 Å². The number of hydrogen-bond acceptors (Lipinski definition) is 1. The Morgan fingerprint density at radius 3 is 1.71 bits per heavy atom. The molecule has 0 heterocycles. The van der Waals surface area contributed by atoms with Crippen LogP contribution in [0.15, 0.2) is 115 Å². The maximum atomic E-state index is 13.6. The summed E-state index contributed by atoms with van der Waals surface area (Å²) < 4.78 is 0. The minimum atomic E-state index is -0.248. The van der Waals surface area contributed by atoms with E-state index in [1.165, 1.54) is 0 Å². The summed E-state index contributed by atoms with van der Waals surface area (Å²) in [5.74, 6) is 0. The van der Waals surface area contributed by atoms with Gasteiger partial charge in [0.15, 0.2) is 0 Å². The van der Waals surface area contributed by atoms with Crippen molar-refractivity contribution in [2.75, 3.05) is 5.32 Å². The van der Waals surface area contributed by atoms with Gasteiger partial charge in [0, 0.05) is 17.3 Å². The van der Waals surface area contributed by atoms with Crippen molar-refractivity contribution in [3.63, 3.8) is 0 Å². The lowest BCUT2D eigenvalue weighted by molar-refractivity contribution is 0.194. The Morgan fingerprint density at radius 2 is 1.19 bits per heavy atom. The average molecular weight is 427 g/mol. The molecule has 4 aromatic carbocycles. The predicted octanol–water partition coefficient (Wildman–Crippen LogP) is 7.16. The van der Waals surface area contributed by atoms with Crippen molar-refractivity contribution >= 4 is 23.3 Å². The van der Waals surface area contributed by atoms with Gasteiger partial charge in [-0.05, 0) is 41.0 Å². The number of nitrogens with one attached hydrogen (secondary N) is 1. The number of nitrogens with zero attached hydrogens (tertiary/aromatic N) is 1. The minimum absolute atomic E-state index is 0.168. The first kappa shape index (κ1) is 20.7. The van der Waals surface area contributed by atoms with Crippen molar-refractivity contribution in [2.24, 2.45) is 0 Å². The van der Waals surface area contributed by atoms with Crippen LogP contribution in [-0.2, 0) is 6.54 Å². The molecular formula is C27H23ClN2O. The first-order valence-electron chi connectivity index (χ1n) is 10.2. The highest BCUT2D eigenvalue weighted by molar-refractivity contribution is 6.30. The SMILES string of the molecule is O=C(Nc1ccccc1)N(Cc1ccc(Cl)cc1)C(c1ccccc1)c1ccccc1. The van der Waals surface area contributed by atoms with Gasteiger partial charge in [-0.1, -0.05) is 103 Å². The predicted molar refractivity (Wildman–Crippen MR) is 127 cm³/mol. The molecule has 0 bridgehead atoms. The molecule has 0 aromatic heterocycles. The molecule has 31 heavy (non-hydrogen) atoms. The summed E-state index contributed by atoms with van der Waals surface area (Å²) in [6, 6.07) is 36.9. The van der Waals surface area contributed by atoms with E-state index in [1.807, 2.05) is 95.9 Å². The van der Waals surface area contributed by atoms with Crippen LogP contribution in [0.25, 0.3) is 0 Å². The van der Waals surface area contributed by atoms with Gasteiger partial charge in [0.05, 0.1) is 6.04 Å². The first-order valence-corrected chi connectivity index (χ1v) is 10.6. The van der Waals surface area contributed by atoms with Crippen molar-refractivity contribution in [3.05, 3.63) is 137 Å². The summed E-state index contributed by atoms with van der Waals surface area (Å²) in [5.41, 5.74) is 3.86. The van der Waals surface area contributed by atoms with E-state index in [4.69, 9.17) is 11.6 Å². The zero-order chi connectivity index (χ0) is 21.5. The van der Waals surface area contributed by atoms with Crippen molar-refractivity contribution in [1.82, 2.24) is 4.90 Å². The second kappa shape index (κ2) is 9.96. The second-order valence-electron chi connectivity index (χ2n) is 7.27. The van der Waals surface area contributed by atoms with E-state index in [0.29, 0.717) is 11.6 Å². The van der Waals surface area contributed by atoms with Crippen LogP contribution >= 0.6 is 11.6 Å². The Balaban J connectivity index is 1.75. The highest BCUT2D eigenvalue weighted by Crippen LogP contribution is 2.31. The van der Waals surface area contributed by atoms with Crippen molar-refractivity contribution in [2.45, 2.75) is 12.6 Å². The van der Waals surface area contributed by atoms with E-state index in [1.54, 1.807) is 0 Å². The molecule has 0 aliphatic carbocycles. The molecule has 0 aliphatic heterocycles. The number of carbonyl (C=O) groups excluding carboxylic acids is 1. The number of benzene rings is 4. The normalized spacial score (nSPS) is 10.6. The highest BCUT2D eigenvalue weighted by atomic mass is 35.5. The lowest BCUT2D eigenvalue weighted by Gasteiger charge is -2.33. The molecule has 4 heteroatoms. The zero-order valence-corrected chi connectivity index (χ0v) is 17.7. The molecule has 0 unspecified atom stereocenters. The quantitative estimate of drug-likeness (QED) is 0.348. The Labute approximate surface area is 187 Å². The standard InChI is InChI=1S/C27H23ClN2O/c28-24-18-16-21(17-19-24)20-30(27(31)29-25-14-8-3-9-15-25)26(22-10-4-1-5-11-22)23-12-6-2-7-13-23/h1-19,26H,20H2,(H,29,31). The van der Waals surface area contributed by atoms with E-state index in [9.17, 15) is 4.79 Å². The molecule has 4 rings (SSSR count). The number of amides is 2. The molecule has 3 nitrogen and oxygen atoms in total. The lowest BCUT2D eigenvalue weighted by Crippen LogP contribution is -2.38. The van der Waals surface area contributed by atoms with Crippen LogP contribution < -0.4 is 5.32 Å². The van der Waals surface area contributed by atoms with Gasteiger partial charge in [0.25, 0.3) is 0 Å². The third kappa shape index (κ3) is 5.33. The number of carbonyl (C=O) groups is 1. The van der Waals surface area contributed by atoms with Crippen LogP contribution in [0.3, 0.4) is 0 Å². The zero-order valence-electron chi connectivity index (χ0n) is 17.0. The van der Waals surface area contributed by atoms with Crippen LogP contribution in [0, 0.1) is 0 Å². The van der Waals surface area contributed by atoms with Crippen molar-refractivity contribution < 1.29 is 4.79 Å². The van der Waals surface area contributed by atoms with Gasteiger partial charge < -0.3 is 10.2 Å². The molecule has 2 amide bonds. The van der Waals surface area contributed by atoms with E-state index < -0.39 is 0 Å². The van der Waals surface area contributed by atoms with Gasteiger partial charge in [0.1, 0.15) is 0 Å². The van der Waals surface area contributed by atoms with Crippen LogP contribution in [0.4, 0.5) is 10.5 Å². The molecule has 0 fully saturated rings. The molecule has 0 radical (unpaired) electrons. The van der Waals surface area contributed by atoms with Gasteiger partial charge in [-0.15, -0.1) is 0 Å². The van der Waals surface area contributed by atoms with Gasteiger partial charge in [0.2, 0.25) is 0 Å². The van der Waals surface area contributed by atoms with Gasteiger partial charge in [-0.25, -0.2) is 4.79 Å². The third-order valence-corrected chi connectivity index (χ3v) is 5.35. The first-order chi connectivity index (χ1) is 15.2. The molecular weight excluding hydrogens is 404 g/mol. The highest BCUT2D eigenvalue weighted by Gasteiger charge is 2.27. The lowest BCUT2D eigenvalue weighted by atomic mass is 9.96. The fraction of sp³-hybridized carbons (Fsp3) is 0.0741. The van der Waals surface area contributed by atoms with Crippen LogP contribution in [0.5, 0.6) is 0 Å². The maximum Gasteiger partial charge on any atom is 0.322 e. The molecule has 154 valence electrons. The summed E-state index contributed by atoms with van der Waals surface area (Å²) >= 11 is 6.08. The molecule has 0 aliphatic rings. The number of urea groups is 1. The van der Waals surface area contributed by atoms with Gasteiger partial charge in [-0.2, -0.15) is 0 Å². The maximum absolute atomic E-state index is 13.6. The number of rotatable bonds is 6. The monoisotopic (exact) mass is 426 g/mol.